The lowest BCUT2D eigenvalue weighted by molar-refractivity contribution is -0.134. The number of carbonyl (C=O) groups is 2. The van der Waals surface area contributed by atoms with E-state index in [1.54, 1.807) is 0 Å². The number of hydrogen-bond donors (Lipinski definition) is 1. The molecular weight excluding hydrogens is 287 g/mol. The highest BCUT2D eigenvalue weighted by atomic mass is 35.5. The van der Waals surface area contributed by atoms with Crippen molar-refractivity contribution in [2.75, 3.05) is 6.54 Å². The number of amides is 3. The van der Waals surface area contributed by atoms with Gasteiger partial charge in [-0.3, -0.25) is 9.69 Å². The molecule has 3 fully saturated rings. The summed E-state index contributed by atoms with van der Waals surface area (Å²) in [6, 6.07) is -0.283. The van der Waals surface area contributed by atoms with Crippen LogP contribution in [0.5, 0.6) is 0 Å². The van der Waals surface area contributed by atoms with Crippen LogP contribution in [-0.2, 0) is 4.79 Å². The van der Waals surface area contributed by atoms with Crippen LogP contribution in [0.25, 0.3) is 0 Å². The highest BCUT2D eigenvalue weighted by Crippen LogP contribution is 2.54. The predicted molar refractivity (Wildman–Crippen MR) is 73.2 cm³/mol. The van der Waals surface area contributed by atoms with Crippen molar-refractivity contribution in [3.05, 3.63) is 0 Å². The topological polar surface area (TPSA) is 49.4 Å². The Balaban J connectivity index is 1.77. The number of imide groups is 1. The van der Waals surface area contributed by atoms with Gasteiger partial charge >= 0.3 is 6.03 Å². The average molecular weight is 305 g/mol. The molecule has 1 spiro atoms. The Morgan fingerprint density at radius 3 is 2.63 bits per heavy atom. The Hall–Kier alpha value is -0.480. The molecule has 106 valence electrons. The highest BCUT2D eigenvalue weighted by Gasteiger charge is 2.59. The number of urea groups is 1. The fourth-order valence-corrected chi connectivity index (χ4v) is 3.86. The molecule has 0 aromatic heterocycles. The van der Waals surface area contributed by atoms with Gasteiger partial charge in [0, 0.05) is 12.5 Å². The van der Waals surface area contributed by atoms with Gasteiger partial charge in [-0.05, 0) is 25.2 Å². The molecule has 4 nitrogen and oxygen atoms in total. The zero-order valence-electron chi connectivity index (χ0n) is 10.9. The average Bonchev–Trinajstić information content (AvgIpc) is 2.87. The van der Waals surface area contributed by atoms with Gasteiger partial charge in [0.05, 0.1) is 0 Å². The first-order chi connectivity index (χ1) is 8.87. The second-order valence-corrected chi connectivity index (χ2v) is 7.67. The number of hydrogen-bond acceptors (Lipinski definition) is 2. The fraction of sp³-hybridized carbons (Fsp3) is 0.846. The van der Waals surface area contributed by atoms with Gasteiger partial charge in [-0.2, -0.15) is 0 Å². The van der Waals surface area contributed by atoms with Crippen molar-refractivity contribution in [2.45, 2.75) is 48.9 Å². The summed E-state index contributed by atoms with van der Waals surface area (Å²) < 4.78 is -0.755. The summed E-state index contributed by atoms with van der Waals surface area (Å²) in [6.45, 7) is 2.39. The zero-order chi connectivity index (χ0) is 13.8. The molecule has 0 bridgehead atoms. The van der Waals surface area contributed by atoms with E-state index >= 15 is 0 Å². The van der Waals surface area contributed by atoms with Gasteiger partial charge < -0.3 is 5.32 Å². The first-order valence-corrected chi connectivity index (χ1v) is 7.64. The van der Waals surface area contributed by atoms with E-state index in [-0.39, 0.29) is 23.8 Å². The van der Waals surface area contributed by atoms with Crippen LogP contribution in [-0.4, -0.2) is 33.3 Å². The van der Waals surface area contributed by atoms with Crippen LogP contribution in [0.4, 0.5) is 4.79 Å². The molecule has 3 rings (SSSR count). The van der Waals surface area contributed by atoms with Gasteiger partial charge in [0.15, 0.2) is 0 Å². The standard InChI is InChI=1S/C13H18Cl2N2O2/c1-8-4-2-3-5-12(8)10(18)17(11(19)16-12)7-9-6-13(9,14)15/h8-9H,2-7H2,1H3,(H,16,19). The largest absolute Gasteiger partial charge is 0.325 e. The summed E-state index contributed by atoms with van der Waals surface area (Å²) in [4.78, 5) is 26.0. The molecule has 0 aromatic carbocycles. The minimum absolute atomic E-state index is 0.0135. The molecule has 19 heavy (non-hydrogen) atoms. The van der Waals surface area contributed by atoms with Crippen LogP contribution in [0.3, 0.4) is 0 Å². The molecule has 3 atom stereocenters. The van der Waals surface area contributed by atoms with Crippen molar-refractivity contribution in [1.82, 2.24) is 10.2 Å². The molecular formula is C13H18Cl2N2O2. The second-order valence-electron chi connectivity index (χ2n) is 6.13. The van der Waals surface area contributed by atoms with E-state index in [1.807, 2.05) is 6.92 Å². The van der Waals surface area contributed by atoms with Crippen molar-refractivity contribution >= 4 is 35.1 Å². The van der Waals surface area contributed by atoms with Gasteiger partial charge in [-0.1, -0.05) is 19.8 Å². The van der Waals surface area contributed by atoms with Crippen LogP contribution >= 0.6 is 23.2 Å². The molecule has 2 aliphatic carbocycles. The van der Waals surface area contributed by atoms with Crippen LogP contribution in [0.15, 0.2) is 0 Å². The Bertz CT molecular complexity index is 440. The molecule has 0 aromatic rings. The molecule has 1 N–H and O–H groups in total. The lowest BCUT2D eigenvalue weighted by atomic mass is 9.73. The van der Waals surface area contributed by atoms with Crippen molar-refractivity contribution in [1.29, 1.82) is 0 Å². The summed E-state index contributed by atoms with van der Waals surface area (Å²) in [7, 11) is 0. The first kappa shape index (κ1) is 13.5. The van der Waals surface area contributed by atoms with E-state index in [4.69, 9.17) is 23.2 Å². The number of rotatable bonds is 2. The molecule has 3 amide bonds. The summed E-state index contributed by atoms with van der Waals surface area (Å²) >= 11 is 12.0. The monoisotopic (exact) mass is 304 g/mol. The summed E-state index contributed by atoms with van der Waals surface area (Å²) in [5.41, 5.74) is -0.675. The number of nitrogens with zero attached hydrogens (tertiary/aromatic N) is 1. The van der Waals surface area contributed by atoms with Crippen molar-refractivity contribution in [3.8, 4) is 0 Å². The number of carbonyl (C=O) groups excluding carboxylic acids is 2. The molecule has 1 heterocycles. The second kappa shape index (κ2) is 4.26. The number of halogens is 2. The fourth-order valence-electron chi connectivity index (χ4n) is 3.35. The van der Waals surface area contributed by atoms with Gasteiger partial charge in [-0.25, -0.2) is 4.79 Å². The molecule has 0 radical (unpaired) electrons. The van der Waals surface area contributed by atoms with Crippen molar-refractivity contribution in [2.24, 2.45) is 11.8 Å². The maximum Gasteiger partial charge on any atom is 0.325 e. The lowest BCUT2D eigenvalue weighted by Gasteiger charge is -2.36. The van der Waals surface area contributed by atoms with Crippen LogP contribution in [0.2, 0.25) is 0 Å². The van der Waals surface area contributed by atoms with Gasteiger partial charge in [0.25, 0.3) is 5.91 Å². The van der Waals surface area contributed by atoms with E-state index in [9.17, 15) is 9.59 Å². The van der Waals surface area contributed by atoms with Gasteiger partial charge in [0.2, 0.25) is 0 Å². The normalized spacial score (nSPS) is 40.7. The maximum absolute atomic E-state index is 12.6. The van der Waals surface area contributed by atoms with Crippen molar-refractivity contribution < 1.29 is 9.59 Å². The van der Waals surface area contributed by atoms with Crippen LogP contribution in [0, 0.1) is 11.8 Å². The minimum atomic E-state index is -0.755. The lowest BCUT2D eigenvalue weighted by Crippen LogP contribution is -2.54. The van der Waals surface area contributed by atoms with Gasteiger partial charge in [-0.15, -0.1) is 23.2 Å². The van der Waals surface area contributed by atoms with Gasteiger partial charge in [0.1, 0.15) is 9.87 Å². The Morgan fingerprint density at radius 2 is 2.05 bits per heavy atom. The Morgan fingerprint density at radius 1 is 1.37 bits per heavy atom. The van der Waals surface area contributed by atoms with Crippen LogP contribution in [0.1, 0.15) is 39.0 Å². The third-order valence-electron chi connectivity index (χ3n) is 4.86. The molecule has 3 aliphatic rings. The Kier molecular flexibility index (Phi) is 3.02. The number of alkyl halides is 2. The SMILES string of the molecule is CC1CCCCC12NC(=O)N(CC1CC1(Cl)Cl)C2=O. The first-order valence-electron chi connectivity index (χ1n) is 6.89. The summed E-state index contributed by atoms with van der Waals surface area (Å²) in [5, 5.41) is 2.93. The summed E-state index contributed by atoms with van der Waals surface area (Å²) in [5.74, 6) is 0.124. The number of nitrogens with one attached hydrogen (secondary N) is 1. The highest BCUT2D eigenvalue weighted by molar-refractivity contribution is 6.50. The molecule has 3 unspecified atom stereocenters. The summed E-state index contributed by atoms with van der Waals surface area (Å²) in [6.07, 6.45) is 4.49. The molecule has 2 saturated carbocycles. The Labute approximate surface area is 122 Å². The van der Waals surface area contributed by atoms with E-state index in [0.29, 0.717) is 13.0 Å². The molecule has 1 aliphatic heterocycles. The molecule has 6 heteroatoms. The zero-order valence-corrected chi connectivity index (χ0v) is 12.4. The van der Waals surface area contributed by atoms with E-state index in [2.05, 4.69) is 5.32 Å². The van der Waals surface area contributed by atoms with Crippen LogP contribution < -0.4 is 5.32 Å². The smallest absolute Gasteiger partial charge is 0.323 e. The van der Waals surface area contributed by atoms with E-state index < -0.39 is 9.87 Å². The maximum atomic E-state index is 12.6. The predicted octanol–water partition coefficient (Wildman–Crippen LogP) is 2.68. The van der Waals surface area contributed by atoms with E-state index in [1.165, 1.54) is 4.90 Å². The molecule has 1 saturated heterocycles. The van der Waals surface area contributed by atoms with E-state index in [0.717, 1.165) is 25.7 Å². The quantitative estimate of drug-likeness (QED) is 0.630. The third kappa shape index (κ3) is 2.04. The van der Waals surface area contributed by atoms with Crippen molar-refractivity contribution in [3.63, 3.8) is 0 Å². The minimum Gasteiger partial charge on any atom is -0.323 e. The third-order valence-corrected chi connectivity index (χ3v) is 5.79.